The van der Waals surface area contributed by atoms with Crippen molar-refractivity contribution in [3.05, 3.63) is 123 Å². The molecule has 0 aromatic heterocycles. The van der Waals surface area contributed by atoms with Gasteiger partial charge in [0, 0.05) is 27.4 Å². The fourth-order valence-electron chi connectivity index (χ4n) is 4.93. The lowest BCUT2D eigenvalue weighted by atomic mass is 10.0. The molecular formula is C36H39Br2N3O5S. The Morgan fingerprint density at radius 2 is 1.38 bits per heavy atom. The molecule has 248 valence electrons. The molecule has 0 aliphatic heterocycles. The molecule has 0 bridgehead atoms. The van der Waals surface area contributed by atoms with Crippen molar-refractivity contribution >= 4 is 59.4 Å². The van der Waals surface area contributed by atoms with Crippen molar-refractivity contribution in [2.75, 3.05) is 17.5 Å². The predicted molar refractivity (Wildman–Crippen MR) is 193 cm³/mol. The molecule has 1 atom stereocenters. The number of rotatable bonds is 13. The van der Waals surface area contributed by atoms with Crippen molar-refractivity contribution in [3.8, 4) is 5.75 Å². The van der Waals surface area contributed by atoms with Crippen LogP contribution in [0.5, 0.6) is 5.75 Å². The summed E-state index contributed by atoms with van der Waals surface area (Å²) in [5.74, 6) is -0.301. The Bertz CT molecular complexity index is 1740. The number of anilines is 1. The van der Waals surface area contributed by atoms with E-state index in [1.165, 1.54) is 17.0 Å². The van der Waals surface area contributed by atoms with Crippen molar-refractivity contribution in [3.63, 3.8) is 0 Å². The van der Waals surface area contributed by atoms with Crippen LogP contribution in [0.2, 0.25) is 0 Å². The first-order chi connectivity index (χ1) is 22.3. The third kappa shape index (κ3) is 10.2. The minimum absolute atomic E-state index is 0.0214. The SMILES string of the molecule is CCOc1ccc(N(CC(=O)N(Cc2ccc(Br)cc2)[C@H](Cc2ccccc2)C(=O)NC(C)(C)C)S(=O)(=O)c2ccc(Br)cc2)cc1. The van der Waals surface area contributed by atoms with Gasteiger partial charge in [0.05, 0.1) is 17.2 Å². The molecule has 4 rings (SSSR count). The molecule has 47 heavy (non-hydrogen) atoms. The van der Waals surface area contributed by atoms with Gasteiger partial charge >= 0.3 is 0 Å². The Morgan fingerprint density at radius 1 is 0.809 bits per heavy atom. The Labute approximate surface area is 294 Å². The molecule has 1 N–H and O–H groups in total. The first kappa shape index (κ1) is 36.2. The maximum atomic E-state index is 14.6. The summed E-state index contributed by atoms with van der Waals surface area (Å²) in [6.45, 7) is 7.48. The molecule has 0 saturated carbocycles. The summed E-state index contributed by atoms with van der Waals surface area (Å²) in [5, 5.41) is 3.04. The average molecular weight is 786 g/mol. The molecule has 0 fully saturated rings. The molecule has 0 aliphatic carbocycles. The third-order valence-corrected chi connectivity index (χ3v) is 10.00. The van der Waals surface area contributed by atoms with E-state index in [4.69, 9.17) is 4.74 Å². The molecule has 11 heteroatoms. The number of amides is 2. The number of carbonyl (C=O) groups excluding carboxylic acids is 2. The molecule has 0 saturated heterocycles. The van der Waals surface area contributed by atoms with E-state index in [-0.39, 0.29) is 29.5 Å². The molecule has 0 aliphatic rings. The number of halogens is 2. The number of hydrogen-bond acceptors (Lipinski definition) is 5. The van der Waals surface area contributed by atoms with Gasteiger partial charge in [-0.15, -0.1) is 0 Å². The number of ether oxygens (including phenoxy) is 1. The van der Waals surface area contributed by atoms with Gasteiger partial charge in [0.1, 0.15) is 18.3 Å². The maximum absolute atomic E-state index is 14.6. The second-order valence-corrected chi connectivity index (χ2v) is 15.7. The van der Waals surface area contributed by atoms with Crippen LogP contribution in [0.15, 0.2) is 117 Å². The van der Waals surface area contributed by atoms with E-state index in [1.54, 1.807) is 36.4 Å². The number of benzene rings is 4. The van der Waals surface area contributed by atoms with Crippen LogP contribution in [0.25, 0.3) is 0 Å². The van der Waals surface area contributed by atoms with Crippen LogP contribution < -0.4 is 14.4 Å². The van der Waals surface area contributed by atoms with E-state index >= 15 is 0 Å². The van der Waals surface area contributed by atoms with E-state index in [2.05, 4.69) is 37.2 Å². The fraction of sp³-hybridized carbons (Fsp3) is 0.278. The Hall–Kier alpha value is -3.67. The van der Waals surface area contributed by atoms with Crippen LogP contribution in [-0.2, 0) is 32.6 Å². The summed E-state index contributed by atoms with van der Waals surface area (Å²) in [4.78, 5) is 30.1. The summed E-state index contributed by atoms with van der Waals surface area (Å²) in [5.41, 5.74) is 1.36. The van der Waals surface area contributed by atoms with E-state index in [1.807, 2.05) is 82.3 Å². The molecule has 0 spiro atoms. The highest BCUT2D eigenvalue weighted by molar-refractivity contribution is 9.10. The summed E-state index contributed by atoms with van der Waals surface area (Å²) in [7, 11) is -4.22. The zero-order valence-electron chi connectivity index (χ0n) is 26.8. The molecule has 0 heterocycles. The van der Waals surface area contributed by atoms with Crippen LogP contribution in [0.1, 0.15) is 38.8 Å². The van der Waals surface area contributed by atoms with E-state index in [0.29, 0.717) is 12.4 Å². The van der Waals surface area contributed by atoms with Crippen molar-refractivity contribution in [2.45, 2.75) is 57.1 Å². The monoisotopic (exact) mass is 783 g/mol. The van der Waals surface area contributed by atoms with Crippen LogP contribution in [0.4, 0.5) is 5.69 Å². The number of hydrogen-bond donors (Lipinski definition) is 1. The van der Waals surface area contributed by atoms with Gasteiger partial charge in [0.15, 0.2) is 0 Å². The van der Waals surface area contributed by atoms with Crippen LogP contribution >= 0.6 is 31.9 Å². The zero-order chi connectivity index (χ0) is 34.2. The van der Waals surface area contributed by atoms with Gasteiger partial charge in [0.2, 0.25) is 11.8 Å². The number of sulfonamides is 1. The van der Waals surface area contributed by atoms with Gasteiger partial charge in [0.25, 0.3) is 10.0 Å². The first-order valence-electron chi connectivity index (χ1n) is 15.2. The topological polar surface area (TPSA) is 96.0 Å². The van der Waals surface area contributed by atoms with Gasteiger partial charge in [-0.25, -0.2) is 8.42 Å². The molecule has 2 amide bonds. The fourth-order valence-corrected chi connectivity index (χ4v) is 6.87. The molecular weight excluding hydrogens is 746 g/mol. The van der Waals surface area contributed by atoms with Gasteiger partial charge in [-0.3, -0.25) is 13.9 Å². The summed E-state index contributed by atoms with van der Waals surface area (Å²) in [6, 6.07) is 28.8. The molecule has 4 aromatic carbocycles. The van der Waals surface area contributed by atoms with Gasteiger partial charge in [-0.2, -0.15) is 0 Å². The first-order valence-corrected chi connectivity index (χ1v) is 18.2. The van der Waals surface area contributed by atoms with E-state index in [9.17, 15) is 18.0 Å². The summed E-state index contributed by atoms with van der Waals surface area (Å²) < 4.78 is 36.7. The number of nitrogens with zero attached hydrogens (tertiary/aromatic N) is 2. The quantitative estimate of drug-likeness (QED) is 0.153. The average Bonchev–Trinajstić information content (AvgIpc) is 3.03. The lowest BCUT2D eigenvalue weighted by Gasteiger charge is -2.35. The van der Waals surface area contributed by atoms with Crippen molar-refractivity contribution in [1.29, 1.82) is 0 Å². The molecule has 4 aromatic rings. The van der Waals surface area contributed by atoms with Crippen LogP contribution in [-0.4, -0.2) is 49.9 Å². The maximum Gasteiger partial charge on any atom is 0.264 e. The third-order valence-electron chi connectivity index (χ3n) is 7.15. The lowest BCUT2D eigenvalue weighted by molar-refractivity contribution is -0.140. The van der Waals surface area contributed by atoms with Gasteiger partial charge in [-0.1, -0.05) is 74.3 Å². The van der Waals surface area contributed by atoms with Gasteiger partial charge < -0.3 is 15.0 Å². The summed E-state index contributed by atoms with van der Waals surface area (Å²) >= 11 is 6.83. The largest absolute Gasteiger partial charge is 0.494 e. The number of nitrogens with one attached hydrogen (secondary N) is 1. The Morgan fingerprint density at radius 3 is 1.94 bits per heavy atom. The van der Waals surface area contributed by atoms with Crippen molar-refractivity contribution in [1.82, 2.24) is 10.2 Å². The smallest absolute Gasteiger partial charge is 0.264 e. The highest BCUT2D eigenvalue weighted by Crippen LogP contribution is 2.28. The normalized spacial score (nSPS) is 12.2. The standard InChI is InChI=1S/C36H39Br2N3O5S/c1-5-46-31-19-17-30(18-20-31)41(47(44,45)32-21-15-29(38)16-22-32)25-34(42)40(24-27-11-13-28(37)14-12-27)33(35(43)39-36(2,3)4)23-26-9-7-6-8-10-26/h6-22,33H,5,23-25H2,1-4H3,(H,39,43)/t33-/m1/s1. The zero-order valence-corrected chi connectivity index (χ0v) is 30.8. The van der Waals surface area contributed by atoms with Crippen LogP contribution in [0.3, 0.4) is 0 Å². The highest BCUT2D eigenvalue weighted by atomic mass is 79.9. The summed E-state index contributed by atoms with van der Waals surface area (Å²) in [6.07, 6.45) is 0.230. The number of carbonyl (C=O) groups is 2. The second-order valence-electron chi connectivity index (χ2n) is 12.0. The Kier molecular flexibility index (Phi) is 12.3. The van der Waals surface area contributed by atoms with Crippen molar-refractivity contribution < 1.29 is 22.7 Å². The van der Waals surface area contributed by atoms with E-state index in [0.717, 1.165) is 24.4 Å². The molecule has 0 radical (unpaired) electrons. The molecule has 0 unspecified atom stereocenters. The highest BCUT2D eigenvalue weighted by Gasteiger charge is 2.35. The lowest BCUT2D eigenvalue weighted by Crippen LogP contribution is -2.56. The van der Waals surface area contributed by atoms with Crippen molar-refractivity contribution in [2.24, 2.45) is 0 Å². The minimum atomic E-state index is -4.22. The van der Waals surface area contributed by atoms with Gasteiger partial charge in [-0.05, 0) is 99.5 Å². The van der Waals surface area contributed by atoms with Crippen LogP contribution in [0, 0.1) is 0 Å². The Balaban J connectivity index is 1.81. The molecule has 8 nitrogen and oxygen atoms in total. The second kappa shape index (κ2) is 16.0. The predicted octanol–water partition coefficient (Wildman–Crippen LogP) is 7.36. The van der Waals surface area contributed by atoms with E-state index < -0.39 is 34.1 Å². The minimum Gasteiger partial charge on any atom is -0.494 e.